The van der Waals surface area contributed by atoms with Gasteiger partial charge in [0.1, 0.15) is 6.67 Å². The molecule has 0 aliphatic rings. The summed E-state index contributed by atoms with van der Waals surface area (Å²) < 4.78 is 86.7. The molecule has 1 rings (SSSR count). The molecule has 0 aromatic heterocycles. The SMILES string of the molecule is N[C@@H](CF)c1cc(C(F)(F)F)cc(C(F)(F)F)c1. The molecule has 1 aromatic rings. The second kappa shape index (κ2) is 4.75. The van der Waals surface area contributed by atoms with Gasteiger partial charge in [-0.2, -0.15) is 26.3 Å². The maximum Gasteiger partial charge on any atom is 0.416 e. The Morgan fingerprint density at radius 2 is 1.28 bits per heavy atom. The van der Waals surface area contributed by atoms with Gasteiger partial charge < -0.3 is 5.73 Å². The van der Waals surface area contributed by atoms with E-state index in [2.05, 4.69) is 0 Å². The van der Waals surface area contributed by atoms with Gasteiger partial charge in [-0.25, -0.2) is 4.39 Å². The predicted octanol–water partition coefficient (Wildman–Crippen LogP) is 3.69. The Balaban J connectivity index is 3.39. The van der Waals surface area contributed by atoms with Crippen LogP contribution < -0.4 is 5.73 Å². The van der Waals surface area contributed by atoms with E-state index in [1.807, 2.05) is 0 Å². The average molecular weight is 275 g/mol. The first kappa shape index (κ1) is 14.7. The van der Waals surface area contributed by atoms with Crippen LogP contribution in [0.2, 0.25) is 0 Å². The standard InChI is InChI=1S/C10H8F7N/c11-4-8(18)5-1-6(9(12,13)14)3-7(2-5)10(15,16)17/h1-3,8H,4,18H2/t8-/m0/s1. The lowest BCUT2D eigenvalue weighted by Gasteiger charge is -2.16. The summed E-state index contributed by atoms with van der Waals surface area (Å²) in [6, 6.07) is -0.721. The molecule has 1 atom stereocenters. The fraction of sp³-hybridized carbons (Fsp3) is 0.400. The minimum atomic E-state index is -4.95. The molecule has 0 amide bonds. The number of nitrogens with two attached hydrogens (primary N) is 1. The van der Waals surface area contributed by atoms with Crippen LogP contribution in [0.1, 0.15) is 22.7 Å². The molecule has 0 heterocycles. The Hall–Kier alpha value is -1.31. The summed E-state index contributed by atoms with van der Waals surface area (Å²) in [5.74, 6) is 0. The fourth-order valence-corrected chi connectivity index (χ4v) is 1.28. The number of rotatable bonds is 2. The molecule has 8 heteroatoms. The highest BCUT2D eigenvalue weighted by molar-refractivity contribution is 5.35. The highest BCUT2D eigenvalue weighted by Gasteiger charge is 2.37. The summed E-state index contributed by atoms with van der Waals surface area (Å²) in [5.41, 5.74) is 1.56. The summed E-state index contributed by atoms with van der Waals surface area (Å²) in [4.78, 5) is 0. The lowest BCUT2D eigenvalue weighted by atomic mass is 10.0. The molecular weight excluding hydrogens is 267 g/mol. The van der Waals surface area contributed by atoms with Crippen molar-refractivity contribution in [2.75, 3.05) is 6.67 Å². The van der Waals surface area contributed by atoms with E-state index in [1.54, 1.807) is 0 Å². The summed E-state index contributed by atoms with van der Waals surface area (Å²) in [5, 5.41) is 0. The Bertz CT molecular complexity index is 389. The van der Waals surface area contributed by atoms with E-state index in [9.17, 15) is 30.7 Å². The molecule has 102 valence electrons. The van der Waals surface area contributed by atoms with Gasteiger partial charge in [-0.1, -0.05) is 0 Å². The molecule has 0 saturated carbocycles. The van der Waals surface area contributed by atoms with Crippen LogP contribution in [0.3, 0.4) is 0 Å². The van der Waals surface area contributed by atoms with Crippen LogP contribution in [-0.4, -0.2) is 6.67 Å². The maximum absolute atomic E-state index is 12.4. The molecule has 18 heavy (non-hydrogen) atoms. The van der Waals surface area contributed by atoms with Gasteiger partial charge in [-0.05, 0) is 23.8 Å². The van der Waals surface area contributed by atoms with Crippen molar-refractivity contribution in [2.45, 2.75) is 18.4 Å². The molecule has 2 N–H and O–H groups in total. The van der Waals surface area contributed by atoms with Crippen molar-refractivity contribution in [1.82, 2.24) is 0 Å². The summed E-state index contributed by atoms with van der Waals surface area (Å²) in [6.07, 6.45) is -9.90. The van der Waals surface area contributed by atoms with E-state index >= 15 is 0 Å². The molecule has 0 aliphatic carbocycles. The van der Waals surface area contributed by atoms with Gasteiger partial charge in [0, 0.05) is 0 Å². The van der Waals surface area contributed by atoms with Crippen molar-refractivity contribution in [3.63, 3.8) is 0 Å². The van der Waals surface area contributed by atoms with Crippen LogP contribution in [0.25, 0.3) is 0 Å². The molecule has 0 bridgehead atoms. The van der Waals surface area contributed by atoms with E-state index in [0.29, 0.717) is 12.1 Å². The molecule has 0 unspecified atom stereocenters. The summed E-state index contributed by atoms with van der Waals surface area (Å²) in [7, 11) is 0. The van der Waals surface area contributed by atoms with Crippen molar-refractivity contribution in [1.29, 1.82) is 0 Å². The maximum atomic E-state index is 12.4. The number of halogens is 7. The largest absolute Gasteiger partial charge is 0.416 e. The zero-order valence-electron chi connectivity index (χ0n) is 8.74. The van der Waals surface area contributed by atoms with Crippen LogP contribution in [0.5, 0.6) is 0 Å². The van der Waals surface area contributed by atoms with Crippen molar-refractivity contribution in [3.8, 4) is 0 Å². The fourth-order valence-electron chi connectivity index (χ4n) is 1.28. The third-order valence-corrected chi connectivity index (χ3v) is 2.20. The van der Waals surface area contributed by atoms with Crippen molar-refractivity contribution in [3.05, 3.63) is 34.9 Å². The minimum absolute atomic E-state index is 0.0333. The van der Waals surface area contributed by atoms with Gasteiger partial charge in [0.15, 0.2) is 0 Å². The van der Waals surface area contributed by atoms with Crippen molar-refractivity contribution in [2.24, 2.45) is 5.73 Å². The molecular formula is C10H8F7N. The third-order valence-electron chi connectivity index (χ3n) is 2.20. The van der Waals surface area contributed by atoms with E-state index < -0.39 is 41.8 Å². The Labute approximate surface area is 97.4 Å². The molecule has 0 fully saturated rings. The smallest absolute Gasteiger partial charge is 0.322 e. The number of benzene rings is 1. The van der Waals surface area contributed by atoms with Gasteiger partial charge in [-0.15, -0.1) is 0 Å². The molecule has 1 aromatic carbocycles. The van der Waals surface area contributed by atoms with Crippen molar-refractivity contribution >= 4 is 0 Å². The monoisotopic (exact) mass is 275 g/mol. The first-order valence-corrected chi connectivity index (χ1v) is 4.66. The van der Waals surface area contributed by atoms with Gasteiger partial charge in [-0.3, -0.25) is 0 Å². The van der Waals surface area contributed by atoms with E-state index in [-0.39, 0.29) is 6.07 Å². The second-order valence-corrected chi connectivity index (χ2v) is 3.60. The van der Waals surface area contributed by atoms with Gasteiger partial charge in [0.2, 0.25) is 0 Å². The van der Waals surface area contributed by atoms with Gasteiger partial charge >= 0.3 is 12.4 Å². The lowest BCUT2D eigenvalue weighted by Crippen LogP contribution is -2.17. The first-order chi connectivity index (χ1) is 8.05. The molecule has 0 aliphatic heterocycles. The van der Waals surface area contributed by atoms with Gasteiger partial charge in [0.25, 0.3) is 0 Å². The van der Waals surface area contributed by atoms with Crippen LogP contribution in [0, 0.1) is 0 Å². The van der Waals surface area contributed by atoms with Crippen molar-refractivity contribution < 1.29 is 30.7 Å². The number of hydrogen-bond donors (Lipinski definition) is 1. The average Bonchev–Trinajstić information content (AvgIpc) is 2.25. The predicted molar refractivity (Wildman–Crippen MR) is 49.3 cm³/mol. The highest BCUT2D eigenvalue weighted by Crippen LogP contribution is 2.37. The van der Waals surface area contributed by atoms with Crippen LogP contribution in [0.15, 0.2) is 18.2 Å². The van der Waals surface area contributed by atoms with E-state index in [4.69, 9.17) is 5.73 Å². The zero-order chi connectivity index (χ0) is 14.1. The number of hydrogen-bond acceptors (Lipinski definition) is 1. The molecule has 1 nitrogen and oxygen atoms in total. The van der Waals surface area contributed by atoms with E-state index in [0.717, 1.165) is 0 Å². The zero-order valence-corrected chi connectivity index (χ0v) is 8.74. The topological polar surface area (TPSA) is 26.0 Å². The van der Waals surface area contributed by atoms with Crippen LogP contribution in [-0.2, 0) is 12.4 Å². The number of alkyl halides is 7. The molecule has 0 saturated heterocycles. The third kappa shape index (κ3) is 3.34. The molecule has 0 radical (unpaired) electrons. The highest BCUT2D eigenvalue weighted by atomic mass is 19.4. The van der Waals surface area contributed by atoms with E-state index in [1.165, 1.54) is 0 Å². The normalized spacial score (nSPS) is 14.7. The summed E-state index contributed by atoms with van der Waals surface area (Å²) in [6.45, 7) is -1.25. The van der Waals surface area contributed by atoms with Gasteiger partial charge in [0.05, 0.1) is 17.2 Å². The van der Waals surface area contributed by atoms with Crippen LogP contribution in [0.4, 0.5) is 30.7 Å². The second-order valence-electron chi connectivity index (χ2n) is 3.60. The Kier molecular flexibility index (Phi) is 3.89. The Morgan fingerprint density at radius 3 is 1.56 bits per heavy atom. The first-order valence-electron chi connectivity index (χ1n) is 4.66. The molecule has 0 spiro atoms. The quantitative estimate of drug-likeness (QED) is 0.818. The lowest BCUT2D eigenvalue weighted by molar-refractivity contribution is -0.143. The minimum Gasteiger partial charge on any atom is -0.322 e. The summed E-state index contributed by atoms with van der Waals surface area (Å²) >= 11 is 0. The Morgan fingerprint density at radius 1 is 0.889 bits per heavy atom. The van der Waals surface area contributed by atoms with Crippen LogP contribution >= 0.6 is 0 Å².